The molecule has 1 aliphatic rings. The third kappa shape index (κ3) is 5.78. The molecule has 2 aromatic heterocycles. The van der Waals surface area contributed by atoms with Crippen molar-refractivity contribution in [2.75, 3.05) is 50.7 Å². The number of nitrogens with one attached hydrogen (secondary N) is 1. The lowest BCUT2D eigenvalue weighted by Crippen LogP contribution is -2.36. The summed E-state index contributed by atoms with van der Waals surface area (Å²) < 4.78 is 17.9. The topological polar surface area (TPSA) is 117 Å². The van der Waals surface area contributed by atoms with Crippen molar-refractivity contribution in [2.45, 2.75) is 13.5 Å². The molecule has 11 heteroatoms. The molecule has 0 spiro atoms. The number of anilines is 2. The van der Waals surface area contributed by atoms with Gasteiger partial charge < -0.3 is 24.4 Å². The maximum atomic E-state index is 12.4. The van der Waals surface area contributed by atoms with Gasteiger partial charge in [0.1, 0.15) is 17.2 Å². The minimum atomic E-state index is -0.392. The van der Waals surface area contributed by atoms with E-state index in [1.807, 2.05) is 54.4 Å². The van der Waals surface area contributed by atoms with E-state index in [1.54, 1.807) is 31.0 Å². The first-order chi connectivity index (χ1) is 18.9. The van der Waals surface area contributed by atoms with Crippen LogP contribution < -0.4 is 19.7 Å². The van der Waals surface area contributed by atoms with Crippen LogP contribution in [-0.2, 0) is 11.3 Å². The number of hydrogen-bond acceptors (Lipinski definition) is 9. The lowest BCUT2D eigenvalue weighted by Gasteiger charge is -2.29. The van der Waals surface area contributed by atoms with Gasteiger partial charge in [0, 0.05) is 43.5 Å². The molecule has 2 aromatic carbocycles. The summed E-state index contributed by atoms with van der Waals surface area (Å²) >= 11 is 0. The number of morpholine rings is 1. The van der Waals surface area contributed by atoms with Crippen LogP contribution in [-0.4, -0.2) is 60.2 Å². The molecule has 0 radical (unpaired) electrons. The van der Waals surface area contributed by atoms with E-state index in [0.29, 0.717) is 49.3 Å². The summed E-state index contributed by atoms with van der Waals surface area (Å²) in [6.45, 7) is 4.33. The molecule has 1 saturated heterocycles. The van der Waals surface area contributed by atoms with Crippen LogP contribution in [0.2, 0.25) is 0 Å². The summed E-state index contributed by atoms with van der Waals surface area (Å²) in [5, 5.41) is 20.3. The molecule has 0 aliphatic carbocycles. The predicted octanol–water partition coefficient (Wildman–Crippen LogP) is 4.62. The van der Waals surface area contributed by atoms with Crippen LogP contribution in [0, 0.1) is 17.0 Å². The van der Waals surface area contributed by atoms with E-state index in [-0.39, 0.29) is 18.1 Å². The van der Waals surface area contributed by atoms with Gasteiger partial charge in [0.2, 0.25) is 5.82 Å². The fraction of sp³-hybridized carbons (Fsp3) is 0.286. The van der Waals surface area contributed by atoms with Crippen LogP contribution in [0.5, 0.6) is 11.5 Å². The van der Waals surface area contributed by atoms with Crippen molar-refractivity contribution in [3.8, 4) is 28.6 Å². The molecule has 0 bridgehead atoms. The molecule has 0 atom stereocenters. The highest BCUT2D eigenvalue weighted by Gasteiger charge is 2.28. The summed E-state index contributed by atoms with van der Waals surface area (Å²) in [6.07, 6.45) is 1.81. The van der Waals surface area contributed by atoms with Gasteiger partial charge in [-0.2, -0.15) is 5.10 Å². The predicted molar refractivity (Wildman–Crippen MR) is 148 cm³/mol. The zero-order valence-corrected chi connectivity index (χ0v) is 22.1. The minimum Gasteiger partial charge on any atom is -0.497 e. The number of methoxy groups -OCH3 is 2. The van der Waals surface area contributed by atoms with Gasteiger partial charge in [-0.25, -0.2) is 9.67 Å². The number of benzene rings is 2. The van der Waals surface area contributed by atoms with Crippen molar-refractivity contribution in [2.24, 2.45) is 0 Å². The van der Waals surface area contributed by atoms with E-state index in [9.17, 15) is 10.1 Å². The summed E-state index contributed by atoms with van der Waals surface area (Å²) in [7, 11) is 3.15. The number of aryl methyl sites for hydroxylation is 1. The number of nitrogens with zero attached hydrogens (tertiary/aromatic N) is 5. The van der Waals surface area contributed by atoms with Gasteiger partial charge in [0.25, 0.3) is 0 Å². The molecule has 0 unspecified atom stereocenters. The summed E-state index contributed by atoms with van der Waals surface area (Å²) in [5.74, 6) is 1.85. The van der Waals surface area contributed by atoms with Gasteiger partial charge in [-0.3, -0.25) is 10.1 Å². The Hall–Kier alpha value is -4.64. The second-order valence-electron chi connectivity index (χ2n) is 9.14. The van der Waals surface area contributed by atoms with Gasteiger partial charge >= 0.3 is 5.69 Å². The van der Waals surface area contributed by atoms with Crippen LogP contribution in [0.25, 0.3) is 17.1 Å². The maximum Gasteiger partial charge on any atom is 0.334 e. The van der Waals surface area contributed by atoms with Crippen LogP contribution >= 0.6 is 0 Å². The Morgan fingerprint density at radius 2 is 1.79 bits per heavy atom. The molecule has 0 amide bonds. The molecule has 39 heavy (non-hydrogen) atoms. The average molecular weight is 531 g/mol. The normalized spacial score (nSPS) is 13.3. The first kappa shape index (κ1) is 26.0. The Labute approximate surface area is 226 Å². The molecular weight excluding hydrogens is 500 g/mol. The van der Waals surface area contributed by atoms with Crippen molar-refractivity contribution < 1.29 is 19.1 Å². The van der Waals surface area contributed by atoms with Crippen LogP contribution in [0.3, 0.4) is 0 Å². The highest BCUT2D eigenvalue weighted by Crippen LogP contribution is 2.37. The number of aromatic nitrogens is 3. The molecule has 1 aliphatic heterocycles. The molecule has 202 valence electrons. The highest BCUT2D eigenvalue weighted by atomic mass is 16.6. The Morgan fingerprint density at radius 3 is 2.46 bits per heavy atom. The summed E-state index contributed by atoms with van der Waals surface area (Å²) in [4.78, 5) is 18.6. The third-order valence-corrected chi connectivity index (χ3v) is 6.50. The lowest BCUT2D eigenvalue weighted by atomic mass is 10.1. The van der Waals surface area contributed by atoms with Gasteiger partial charge in [-0.15, -0.1) is 0 Å². The smallest absolute Gasteiger partial charge is 0.334 e. The third-order valence-electron chi connectivity index (χ3n) is 6.50. The standard InChI is InChI=1S/C28H30N6O5/c1-19-5-4-6-21(13-19)24-7-8-33(31-24)26-17-25(32-9-11-39-12-10-32)27(34(35)36)28(30-26)29-18-20-14-22(37-2)16-23(15-20)38-3/h4-8,13-17H,9-12,18H2,1-3H3,(H,29,30). The SMILES string of the molecule is COc1cc(CNc2nc(-n3ccc(-c4cccc(C)c4)n3)cc(N3CCOCC3)c2[N+](=O)[O-])cc(OC)c1. The van der Waals surface area contributed by atoms with Crippen molar-refractivity contribution in [1.82, 2.24) is 14.8 Å². The Morgan fingerprint density at radius 1 is 1.05 bits per heavy atom. The van der Waals surface area contributed by atoms with E-state index >= 15 is 0 Å². The van der Waals surface area contributed by atoms with Crippen molar-refractivity contribution >= 4 is 17.2 Å². The molecule has 4 aromatic rings. The zero-order valence-electron chi connectivity index (χ0n) is 22.1. The maximum absolute atomic E-state index is 12.4. The number of hydrogen-bond donors (Lipinski definition) is 1. The van der Waals surface area contributed by atoms with Crippen LogP contribution in [0.1, 0.15) is 11.1 Å². The molecule has 3 heterocycles. The van der Waals surface area contributed by atoms with Crippen LogP contribution in [0.4, 0.5) is 17.2 Å². The zero-order chi connectivity index (χ0) is 27.4. The molecule has 5 rings (SSSR count). The first-order valence-corrected chi connectivity index (χ1v) is 12.6. The van der Waals surface area contributed by atoms with E-state index in [0.717, 1.165) is 22.4 Å². The fourth-order valence-corrected chi connectivity index (χ4v) is 4.54. The van der Waals surface area contributed by atoms with Crippen molar-refractivity contribution in [3.63, 3.8) is 0 Å². The Kier molecular flexibility index (Phi) is 7.60. The average Bonchev–Trinajstić information content (AvgIpc) is 3.46. The van der Waals surface area contributed by atoms with E-state index < -0.39 is 4.92 Å². The number of rotatable bonds is 9. The molecule has 1 N–H and O–H groups in total. The fourth-order valence-electron chi connectivity index (χ4n) is 4.54. The quantitative estimate of drug-likeness (QED) is 0.244. The monoisotopic (exact) mass is 530 g/mol. The second kappa shape index (κ2) is 11.4. The molecule has 11 nitrogen and oxygen atoms in total. The van der Waals surface area contributed by atoms with Gasteiger partial charge in [-0.1, -0.05) is 23.8 Å². The molecule has 0 saturated carbocycles. The van der Waals surface area contributed by atoms with E-state index in [4.69, 9.17) is 19.3 Å². The van der Waals surface area contributed by atoms with Gasteiger partial charge in [0.05, 0.1) is 38.1 Å². The summed E-state index contributed by atoms with van der Waals surface area (Å²) in [5.41, 5.74) is 4.08. The highest BCUT2D eigenvalue weighted by molar-refractivity contribution is 5.76. The largest absolute Gasteiger partial charge is 0.497 e. The molecular formula is C28H30N6O5. The van der Waals surface area contributed by atoms with E-state index in [2.05, 4.69) is 16.4 Å². The van der Waals surface area contributed by atoms with Gasteiger partial charge in [-0.05, 0) is 36.8 Å². The second-order valence-corrected chi connectivity index (χ2v) is 9.14. The molecule has 1 fully saturated rings. The van der Waals surface area contributed by atoms with Crippen molar-refractivity contribution in [3.05, 3.63) is 82.0 Å². The van der Waals surface area contributed by atoms with Crippen molar-refractivity contribution in [1.29, 1.82) is 0 Å². The first-order valence-electron chi connectivity index (χ1n) is 12.6. The van der Waals surface area contributed by atoms with E-state index in [1.165, 1.54) is 0 Å². The Balaban J connectivity index is 1.56. The number of pyridine rings is 1. The number of nitro groups is 1. The lowest BCUT2D eigenvalue weighted by molar-refractivity contribution is -0.383. The summed E-state index contributed by atoms with van der Waals surface area (Å²) in [6, 6.07) is 17.2. The van der Waals surface area contributed by atoms with Crippen LogP contribution in [0.15, 0.2) is 60.8 Å². The minimum absolute atomic E-state index is 0.0958. The van der Waals surface area contributed by atoms with Gasteiger partial charge in [0.15, 0.2) is 5.82 Å². The number of ether oxygens (including phenoxy) is 3. The Bertz CT molecular complexity index is 1460.